The Hall–Kier alpha value is -0.610. The van der Waals surface area contributed by atoms with Crippen LogP contribution in [0.25, 0.3) is 0 Å². The van der Waals surface area contributed by atoms with E-state index in [9.17, 15) is 4.79 Å². The third-order valence-electron chi connectivity index (χ3n) is 3.80. The summed E-state index contributed by atoms with van der Waals surface area (Å²) < 4.78 is 5.75. The van der Waals surface area contributed by atoms with Gasteiger partial charge in [0, 0.05) is 19.2 Å². The lowest BCUT2D eigenvalue weighted by Crippen LogP contribution is -2.45. The van der Waals surface area contributed by atoms with E-state index in [4.69, 9.17) is 9.84 Å². The number of carbonyl (C=O) groups is 1. The average molecular weight is 257 g/mol. The van der Waals surface area contributed by atoms with Crippen LogP contribution in [0.2, 0.25) is 0 Å². The zero-order valence-corrected chi connectivity index (χ0v) is 11.9. The molecule has 0 spiro atoms. The van der Waals surface area contributed by atoms with Crippen LogP contribution in [0.4, 0.5) is 0 Å². The van der Waals surface area contributed by atoms with Crippen molar-refractivity contribution in [3.05, 3.63) is 0 Å². The van der Waals surface area contributed by atoms with E-state index in [1.807, 2.05) is 0 Å². The number of ether oxygens (including phenoxy) is 1. The molecule has 3 unspecified atom stereocenters. The Kier molecular flexibility index (Phi) is 6.65. The van der Waals surface area contributed by atoms with E-state index >= 15 is 0 Å². The van der Waals surface area contributed by atoms with Gasteiger partial charge in [-0.1, -0.05) is 27.2 Å². The maximum Gasteiger partial charge on any atom is 0.307 e. The third-order valence-corrected chi connectivity index (χ3v) is 3.80. The zero-order valence-electron chi connectivity index (χ0n) is 11.9. The van der Waals surface area contributed by atoms with Crippen molar-refractivity contribution in [2.24, 2.45) is 5.92 Å². The lowest BCUT2D eigenvalue weighted by Gasteiger charge is -2.37. The predicted octanol–water partition coefficient (Wildman–Crippen LogP) is 2.38. The van der Waals surface area contributed by atoms with Crippen molar-refractivity contribution in [1.29, 1.82) is 0 Å². The first-order valence-corrected chi connectivity index (χ1v) is 7.16. The summed E-state index contributed by atoms with van der Waals surface area (Å²) in [4.78, 5) is 13.3. The molecule has 1 heterocycles. The van der Waals surface area contributed by atoms with Gasteiger partial charge in [-0.15, -0.1) is 0 Å². The number of nitrogens with zero attached hydrogens (tertiary/aromatic N) is 1. The van der Waals surface area contributed by atoms with Crippen molar-refractivity contribution >= 4 is 5.97 Å². The standard InChI is InChI=1S/C14H27NO3/c1-4-6-13-9-12(7-8-18-13)15(5-2)10-11(3)14(16)17/h11-13H,4-10H2,1-3H3,(H,16,17). The summed E-state index contributed by atoms with van der Waals surface area (Å²) in [5, 5.41) is 9.01. The lowest BCUT2D eigenvalue weighted by molar-refractivity contribution is -0.142. The Morgan fingerprint density at radius 3 is 2.78 bits per heavy atom. The monoisotopic (exact) mass is 257 g/mol. The highest BCUT2D eigenvalue weighted by Gasteiger charge is 2.28. The molecule has 0 aromatic rings. The van der Waals surface area contributed by atoms with Crippen LogP contribution in [-0.4, -0.2) is 47.8 Å². The molecule has 1 aliphatic rings. The smallest absolute Gasteiger partial charge is 0.307 e. The fourth-order valence-electron chi connectivity index (χ4n) is 2.68. The minimum absolute atomic E-state index is 0.294. The molecule has 4 nitrogen and oxygen atoms in total. The summed E-state index contributed by atoms with van der Waals surface area (Å²) in [7, 11) is 0. The molecule has 1 fully saturated rings. The SMILES string of the molecule is CCCC1CC(N(CC)CC(C)C(=O)O)CCO1. The van der Waals surface area contributed by atoms with Gasteiger partial charge in [-0.2, -0.15) is 0 Å². The Bertz CT molecular complexity index is 255. The van der Waals surface area contributed by atoms with E-state index in [1.54, 1.807) is 6.92 Å². The van der Waals surface area contributed by atoms with E-state index in [2.05, 4.69) is 18.7 Å². The van der Waals surface area contributed by atoms with Crippen molar-refractivity contribution in [2.75, 3.05) is 19.7 Å². The highest BCUT2D eigenvalue weighted by Crippen LogP contribution is 2.22. The summed E-state index contributed by atoms with van der Waals surface area (Å²) in [6.07, 6.45) is 4.70. The number of carboxylic acid groups (broad SMARTS) is 1. The zero-order chi connectivity index (χ0) is 13.5. The molecule has 0 aromatic carbocycles. The van der Waals surface area contributed by atoms with Crippen LogP contribution >= 0.6 is 0 Å². The minimum atomic E-state index is -0.703. The Balaban J connectivity index is 2.50. The van der Waals surface area contributed by atoms with Crippen LogP contribution in [0.3, 0.4) is 0 Å². The number of hydrogen-bond donors (Lipinski definition) is 1. The van der Waals surface area contributed by atoms with Gasteiger partial charge < -0.3 is 9.84 Å². The van der Waals surface area contributed by atoms with Crippen LogP contribution in [0, 0.1) is 5.92 Å². The molecule has 0 radical (unpaired) electrons. The van der Waals surface area contributed by atoms with Gasteiger partial charge in [-0.3, -0.25) is 9.69 Å². The molecule has 0 saturated carbocycles. The Morgan fingerprint density at radius 1 is 1.50 bits per heavy atom. The van der Waals surface area contributed by atoms with E-state index in [0.717, 1.165) is 38.8 Å². The summed E-state index contributed by atoms with van der Waals surface area (Å²) in [6.45, 7) is 8.45. The van der Waals surface area contributed by atoms with Crippen molar-refractivity contribution in [3.63, 3.8) is 0 Å². The summed E-state index contributed by atoms with van der Waals surface area (Å²) in [5.41, 5.74) is 0. The van der Waals surface area contributed by atoms with E-state index in [0.29, 0.717) is 18.7 Å². The first kappa shape index (κ1) is 15.4. The van der Waals surface area contributed by atoms with Crippen LogP contribution in [-0.2, 0) is 9.53 Å². The molecule has 0 bridgehead atoms. The molecule has 0 aromatic heterocycles. The summed E-state index contributed by atoms with van der Waals surface area (Å²) in [5.74, 6) is -0.997. The van der Waals surface area contributed by atoms with Crippen molar-refractivity contribution in [1.82, 2.24) is 4.90 Å². The average Bonchev–Trinajstić information content (AvgIpc) is 2.36. The fourth-order valence-corrected chi connectivity index (χ4v) is 2.68. The maximum absolute atomic E-state index is 10.9. The van der Waals surface area contributed by atoms with Crippen LogP contribution in [0.5, 0.6) is 0 Å². The van der Waals surface area contributed by atoms with Crippen LogP contribution in [0.1, 0.15) is 46.5 Å². The maximum atomic E-state index is 10.9. The van der Waals surface area contributed by atoms with Gasteiger partial charge in [0.2, 0.25) is 0 Å². The number of aliphatic carboxylic acids is 1. The number of hydrogen-bond acceptors (Lipinski definition) is 3. The summed E-state index contributed by atoms with van der Waals surface area (Å²) in [6, 6.07) is 0.488. The van der Waals surface area contributed by atoms with Crippen molar-refractivity contribution in [3.8, 4) is 0 Å². The van der Waals surface area contributed by atoms with Crippen LogP contribution < -0.4 is 0 Å². The first-order valence-electron chi connectivity index (χ1n) is 7.16. The van der Waals surface area contributed by atoms with Gasteiger partial charge in [0.15, 0.2) is 0 Å². The second-order valence-electron chi connectivity index (χ2n) is 5.29. The first-order chi connectivity index (χ1) is 8.58. The molecule has 0 amide bonds. The Labute approximate surface area is 110 Å². The molecule has 1 N–H and O–H groups in total. The topological polar surface area (TPSA) is 49.8 Å². The molecule has 106 valence electrons. The predicted molar refractivity (Wildman–Crippen MR) is 71.7 cm³/mol. The van der Waals surface area contributed by atoms with Gasteiger partial charge in [-0.25, -0.2) is 0 Å². The Morgan fingerprint density at radius 2 is 2.22 bits per heavy atom. The second kappa shape index (κ2) is 7.74. The highest BCUT2D eigenvalue weighted by molar-refractivity contribution is 5.69. The van der Waals surface area contributed by atoms with Crippen molar-refractivity contribution in [2.45, 2.75) is 58.6 Å². The quantitative estimate of drug-likeness (QED) is 0.760. The van der Waals surface area contributed by atoms with E-state index in [1.165, 1.54) is 0 Å². The molecule has 4 heteroatoms. The molecule has 1 rings (SSSR count). The van der Waals surface area contributed by atoms with Gasteiger partial charge >= 0.3 is 5.97 Å². The molecule has 0 aliphatic carbocycles. The number of carboxylic acids is 1. The van der Waals surface area contributed by atoms with Gasteiger partial charge in [0.05, 0.1) is 12.0 Å². The fraction of sp³-hybridized carbons (Fsp3) is 0.929. The highest BCUT2D eigenvalue weighted by atomic mass is 16.5. The van der Waals surface area contributed by atoms with Gasteiger partial charge in [0.25, 0.3) is 0 Å². The molecule has 3 atom stereocenters. The molecular weight excluding hydrogens is 230 g/mol. The van der Waals surface area contributed by atoms with Crippen molar-refractivity contribution < 1.29 is 14.6 Å². The largest absolute Gasteiger partial charge is 0.481 e. The summed E-state index contributed by atoms with van der Waals surface area (Å²) >= 11 is 0. The van der Waals surface area contributed by atoms with Gasteiger partial charge in [-0.05, 0) is 25.8 Å². The minimum Gasteiger partial charge on any atom is -0.481 e. The third kappa shape index (κ3) is 4.58. The molecule has 1 saturated heterocycles. The number of rotatable bonds is 7. The van der Waals surface area contributed by atoms with E-state index in [-0.39, 0.29) is 5.92 Å². The second-order valence-corrected chi connectivity index (χ2v) is 5.29. The molecule has 1 aliphatic heterocycles. The molecule has 18 heavy (non-hydrogen) atoms. The van der Waals surface area contributed by atoms with E-state index < -0.39 is 5.97 Å². The normalized spacial score (nSPS) is 26.2. The molecular formula is C14H27NO3. The lowest BCUT2D eigenvalue weighted by atomic mass is 9.97. The van der Waals surface area contributed by atoms with Gasteiger partial charge in [0.1, 0.15) is 0 Å². The van der Waals surface area contributed by atoms with Crippen LogP contribution in [0.15, 0.2) is 0 Å².